The van der Waals surface area contributed by atoms with Crippen LogP contribution in [0.4, 0.5) is 5.69 Å². The third kappa shape index (κ3) is 6.16. The van der Waals surface area contributed by atoms with Crippen molar-refractivity contribution in [1.29, 1.82) is 0 Å². The molecule has 1 aliphatic heterocycles. The average molecular weight is 423 g/mol. The molecule has 7 nitrogen and oxygen atoms in total. The van der Waals surface area contributed by atoms with Gasteiger partial charge in [-0.1, -0.05) is 22.9 Å². The third-order valence-electron chi connectivity index (χ3n) is 5.58. The van der Waals surface area contributed by atoms with E-state index in [1.807, 2.05) is 68.4 Å². The molecule has 0 aliphatic carbocycles. The second-order valence-corrected chi connectivity index (χ2v) is 8.27. The van der Waals surface area contributed by atoms with Crippen molar-refractivity contribution in [3.8, 4) is 11.5 Å². The number of ether oxygens (including phenoxy) is 1. The number of nitrogens with zero attached hydrogens (tertiary/aromatic N) is 1. The number of anilines is 1. The minimum absolute atomic E-state index is 0.0396. The van der Waals surface area contributed by atoms with Gasteiger partial charge in [0, 0.05) is 11.8 Å². The molecule has 0 bridgehead atoms. The van der Waals surface area contributed by atoms with E-state index in [2.05, 4.69) is 10.5 Å². The zero-order chi connectivity index (χ0) is 21.6. The van der Waals surface area contributed by atoms with Gasteiger partial charge in [-0.2, -0.15) is 0 Å². The summed E-state index contributed by atoms with van der Waals surface area (Å²) in [4.78, 5) is 15.3. The molecular formula is C24H30N4O3+2. The summed E-state index contributed by atoms with van der Waals surface area (Å²) >= 11 is 0. The molecule has 4 rings (SSSR count). The molecule has 1 saturated heterocycles. The number of aryl methyl sites for hydroxylation is 2. The fraction of sp³-hybridized carbons (Fsp3) is 0.333. The van der Waals surface area contributed by atoms with Gasteiger partial charge in [0.15, 0.2) is 6.54 Å². The molecule has 1 aliphatic rings. The smallest absolute Gasteiger partial charge is 0.279 e. The van der Waals surface area contributed by atoms with E-state index < -0.39 is 0 Å². The first-order valence-corrected chi connectivity index (χ1v) is 10.8. The van der Waals surface area contributed by atoms with Crippen LogP contribution in [0.15, 0.2) is 59.1 Å². The fourth-order valence-electron chi connectivity index (χ4n) is 3.85. The molecule has 1 fully saturated rings. The SMILES string of the molecule is Cc1ccc(Oc2ccc(NC(=O)C[NH+]3CC[NH+](Cc4cc(C)on4)CC3)cc2)cc1. The molecule has 3 aromatic rings. The maximum atomic E-state index is 12.5. The van der Waals surface area contributed by atoms with E-state index in [-0.39, 0.29) is 5.91 Å². The van der Waals surface area contributed by atoms with Crippen LogP contribution in [0, 0.1) is 13.8 Å². The van der Waals surface area contributed by atoms with Gasteiger partial charge in [0.05, 0.1) is 0 Å². The van der Waals surface area contributed by atoms with E-state index in [1.165, 1.54) is 15.4 Å². The zero-order valence-electron chi connectivity index (χ0n) is 18.1. The summed E-state index contributed by atoms with van der Waals surface area (Å²) in [6.07, 6.45) is 0. The highest BCUT2D eigenvalue weighted by molar-refractivity contribution is 5.91. The van der Waals surface area contributed by atoms with E-state index in [1.54, 1.807) is 0 Å². The van der Waals surface area contributed by atoms with Gasteiger partial charge >= 0.3 is 0 Å². The summed E-state index contributed by atoms with van der Waals surface area (Å²) in [5, 5.41) is 7.08. The fourth-order valence-corrected chi connectivity index (χ4v) is 3.85. The minimum Gasteiger partial charge on any atom is -0.457 e. The van der Waals surface area contributed by atoms with Crippen molar-refractivity contribution in [1.82, 2.24) is 5.16 Å². The number of quaternary nitrogens is 2. The van der Waals surface area contributed by atoms with Crippen LogP contribution in [-0.4, -0.2) is 43.8 Å². The van der Waals surface area contributed by atoms with Gasteiger partial charge in [-0.15, -0.1) is 0 Å². The van der Waals surface area contributed by atoms with Gasteiger partial charge in [-0.05, 0) is 50.2 Å². The Balaban J connectivity index is 1.20. The quantitative estimate of drug-likeness (QED) is 0.531. The molecule has 2 heterocycles. The summed E-state index contributed by atoms with van der Waals surface area (Å²) in [6, 6.07) is 17.4. The van der Waals surface area contributed by atoms with Crippen LogP contribution in [0.25, 0.3) is 0 Å². The van der Waals surface area contributed by atoms with E-state index in [0.29, 0.717) is 6.54 Å². The standard InChI is InChI=1S/C24H28N4O3/c1-18-3-7-22(8-4-18)30-23-9-5-20(6-10-23)25-24(29)17-28-13-11-27(12-14-28)16-21-15-19(2)31-26-21/h3-10,15H,11-14,16-17H2,1-2H3,(H,25,29)/p+2. The molecule has 2 aromatic carbocycles. The molecule has 31 heavy (non-hydrogen) atoms. The molecule has 1 amide bonds. The molecule has 0 spiro atoms. The van der Waals surface area contributed by atoms with Crippen LogP contribution in [-0.2, 0) is 11.3 Å². The highest BCUT2D eigenvalue weighted by Crippen LogP contribution is 2.23. The van der Waals surface area contributed by atoms with Crippen molar-refractivity contribution in [3.05, 3.63) is 71.6 Å². The zero-order valence-corrected chi connectivity index (χ0v) is 18.1. The number of rotatable bonds is 7. The predicted molar refractivity (Wildman–Crippen MR) is 118 cm³/mol. The lowest BCUT2D eigenvalue weighted by Crippen LogP contribution is -3.28. The average Bonchev–Trinajstić information content (AvgIpc) is 3.17. The number of piperazine rings is 1. The molecule has 1 aromatic heterocycles. The van der Waals surface area contributed by atoms with Gasteiger partial charge in [0.2, 0.25) is 0 Å². The molecule has 0 atom stereocenters. The van der Waals surface area contributed by atoms with Gasteiger partial charge in [0.1, 0.15) is 55.7 Å². The summed E-state index contributed by atoms with van der Waals surface area (Å²) < 4.78 is 11.0. The lowest BCUT2D eigenvalue weighted by molar-refractivity contribution is -1.02. The van der Waals surface area contributed by atoms with Crippen molar-refractivity contribution in [2.24, 2.45) is 0 Å². The predicted octanol–water partition coefficient (Wildman–Crippen LogP) is 1.01. The summed E-state index contributed by atoms with van der Waals surface area (Å²) in [6.45, 7) is 9.33. The second-order valence-electron chi connectivity index (χ2n) is 8.27. The maximum absolute atomic E-state index is 12.5. The number of carbonyl (C=O) groups excluding carboxylic acids is 1. The highest BCUT2D eigenvalue weighted by atomic mass is 16.5. The third-order valence-corrected chi connectivity index (χ3v) is 5.58. The Hall–Kier alpha value is -3.16. The molecule has 0 saturated carbocycles. The van der Waals surface area contributed by atoms with Crippen LogP contribution < -0.4 is 19.9 Å². The summed E-state index contributed by atoms with van der Waals surface area (Å²) in [5.41, 5.74) is 2.98. The molecule has 7 heteroatoms. The number of hydrogen-bond donors (Lipinski definition) is 3. The van der Waals surface area contributed by atoms with Crippen LogP contribution in [0.1, 0.15) is 17.0 Å². The molecule has 162 valence electrons. The number of hydrogen-bond acceptors (Lipinski definition) is 4. The topological polar surface area (TPSA) is 73.2 Å². The number of benzene rings is 2. The Morgan fingerprint density at radius 1 is 0.968 bits per heavy atom. The van der Waals surface area contributed by atoms with E-state index in [9.17, 15) is 4.79 Å². The van der Waals surface area contributed by atoms with Crippen LogP contribution >= 0.6 is 0 Å². The molecule has 0 radical (unpaired) electrons. The summed E-state index contributed by atoms with van der Waals surface area (Å²) in [7, 11) is 0. The maximum Gasteiger partial charge on any atom is 0.279 e. The number of nitrogens with one attached hydrogen (secondary N) is 3. The first-order valence-electron chi connectivity index (χ1n) is 10.8. The second kappa shape index (κ2) is 9.76. The minimum atomic E-state index is 0.0396. The Kier molecular flexibility index (Phi) is 6.64. The van der Waals surface area contributed by atoms with Crippen LogP contribution in [0.3, 0.4) is 0 Å². The first-order chi connectivity index (χ1) is 15.0. The lowest BCUT2D eigenvalue weighted by atomic mass is 10.2. The number of aromatic nitrogens is 1. The van der Waals surface area contributed by atoms with Crippen molar-refractivity contribution < 1.29 is 23.9 Å². The Labute approximate surface area is 182 Å². The van der Waals surface area contributed by atoms with Gasteiger partial charge in [0.25, 0.3) is 5.91 Å². The monoisotopic (exact) mass is 422 g/mol. The van der Waals surface area contributed by atoms with Gasteiger partial charge in [-0.3, -0.25) is 4.79 Å². The van der Waals surface area contributed by atoms with Crippen molar-refractivity contribution in [3.63, 3.8) is 0 Å². The highest BCUT2D eigenvalue weighted by Gasteiger charge is 2.25. The van der Waals surface area contributed by atoms with Gasteiger partial charge < -0.3 is 24.4 Å². The molecule has 0 unspecified atom stereocenters. The normalized spacial score (nSPS) is 18.5. The van der Waals surface area contributed by atoms with E-state index >= 15 is 0 Å². The van der Waals surface area contributed by atoms with E-state index in [4.69, 9.17) is 9.26 Å². The van der Waals surface area contributed by atoms with Gasteiger partial charge in [-0.25, -0.2) is 0 Å². The number of carbonyl (C=O) groups is 1. The Bertz CT molecular complexity index is 990. The Morgan fingerprint density at radius 3 is 2.19 bits per heavy atom. The van der Waals surface area contributed by atoms with Crippen LogP contribution in [0.2, 0.25) is 0 Å². The Morgan fingerprint density at radius 2 is 1.58 bits per heavy atom. The van der Waals surface area contributed by atoms with Crippen molar-refractivity contribution in [2.45, 2.75) is 20.4 Å². The molecular weight excluding hydrogens is 392 g/mol. The first kappa shape index (κ1) is 21.1. The molecule has 3 N–H and O–H groups in total. The lowest BCUT2D eigenvalue weighted by Gasteiger charge is -2.28. The largest absolute Gasteiger partial charge is 0.457 e. The van der Waals surface area contributed by atoms with Crippen molar-refractivity contribution >= 4 is 11.6 Å². The van der Waals surface area contributed by atoms with E-state index in [0.717, 1.165) is 61.4 Å². The summed E-state index contributed by atoms with van der Waals surface area (Å²) in [5.74, 6) is 2.43. The van der Waals surface area contributed by atoms with Crippen LogP contribution in [0.5, 0.6) is 11.5 Å². The van der Waals surface area contributed by atoms with Crippen molar-refractivity contribution in [2.75, 3.05) is 38.0 Å². The number of amides is 1.